The van der Waals surface area contributed by atoms with E-state index in [1.54, 1.807) is 0 Å². The van der Waals surface area contributed by atoms with Crippen molar-refractivity contribution in [3.63, 3.8) is 0 Å². The molecule has 0 aromatic heterocycles. The second kappa shape index (κ2) is 9.81. The number of rotatable bonds is 3. The summed E-state index contributed by atoms with van der Waals surface area (Å²) in [6.07, 6.45) is 0. The lowest BCUT2D eigenvalue weighted by Gasteiger charge is -2.34. The van der Waals surface area contributed by atoms with E-state index in [0.717, 1.165) is 0 Å². The normalized spacial score (nSPS) is 13.7. The van der Waals surface area contributed by atoms with E-state index in [9.17, 15) is 0 Å². The molecular weight excluding hydrogens is 573 g/mol. The molecule has 0 unspecified atom stereocenters. The Balaban J connectivity index is 1.29. The summed E-state index contributed by atoms with van der Waals surface area (Å²) >= 11 is 1.88. The molecule has 8 aromatic rings. The highest BCUT2D eigenvalue weighted by Crippen LogP contribution is 2.58. The minimum atomic E-state index is -0.450. The van der Waals surface area contributed by atoms with Crippen LogP contribution in [0.25, 0.3) is 54.9 Å². The third-order valence-electron chi connectivity index (χ3n) is 10.1. The first-order valence-electron chi connectivity index (χ1n) is 15.9. The van der Waals surface area contributed by atoms with E-state index in [1.807, 2.05) is 11.8 Å². The molecule has 10 rings (SSSR count). The van der Waals surface area contributed by atoms with Gasteiger partial charge in [-0.3, -0.25) is 0 Å². The van der Waals surface area contributed by atoms with E-state index >= 15 is 0 Å². The molecule has 0 fully saturated rings. The van der Waals surface area contributed by atoms with Gasteiger partial charge in [0.1, 0.15) is 0 Å². The fourth-order valence-corrected chi connectivity index (χ4v) is 9.25. The Kier molecular flexibility index (Phi) is 5.53. The van der Waals surface area contributed by atoms with E-state index in [0.29, 0.717) is 0 Å². The fourth-order valence-electron chi connectivity index (χ4n) is 8.11. The number of hydrogen-bond donors (Lipinski definition) is 0. The van der Waals surface area contributed by atoms with Crippen LogP contribution in [-0.2, 0) is 5.41 Å². The quantitative estimate of drug-likeness (QED) is 0.194. The summed E-state index contributed by atoms with van der Waals surface area (Å²) in [4.78, 5) is 2.66. The van der Waals surface area contributed by atoms with Crippen molar-refractivity contribution in [2.75, 3.05) is 0 Å². The highest BCUT2D eigenvalue weighted by atomic mass is 32.2. The van der Waals surface area contributed by atoms with Crippen LogP contribution in [0.4, 0.5) is 0 Å². The van der Waals surface area contributed by atoms with Gasteiger partial charge in [0.05, 0.1) is 5.41 Å². The van der Waals surface area contributed by atoms with Crippen molar-refractivity contribution < 1.29 is 0 Å². The Hall–Kier alpha value is -5.37. The highest BCUT2D eigenvalue weighted by molar-refractivity contribution is 7.99. The SMILES string of the molecule is c1ccc(C2(c3ccccc3)c3cc(-c4cc5c6c(cccc6c4)Sc4ccccc4-5)ccc3-c3cc4ccccc4cc32)cc1. The first-order chi connectivity index (χ1) is 22.8. The lowest BCUT2D eigenvalue weighted by Crippen LogP contribution is -2.28. The molecule has 46 heavy (non-hydrogen) atoms. The Morgan fingerprint density at radius 2 is 0.978 bits per heavy atom. The van der Waals surface area contributed by atoms with Gasteiger partial charge in [0.2, 0.25) is 0 Å². The van der Waals surface area contributed by atoms with Crippen LogP contribution in [0.5, 0.6) is 0 Å². The van der Waals surface area contributed by atoms with Gasteiger partial charge in [0.25, 0.3) is 0 Å². The van der Waals surface area contributed by atoms with Gasteiger partial charge < -0.3 is 0 Å². The average Bonchev–Trinajstić information content (AvgIpc) is 3.40. The van der Waals surface area contributed by atoms with E-state index in [2.05, 4.69) is 170 Å². The predicted octanol–water partition coefficient (Wildman–Crippen LogP) is 12.2. The van der Waals surface area contributed by atoms with Crippen LogP contribution >= 0.6 is 11.8 Å². The Morgan fingerprint density at radius 3 is 1.76 bits per heavy atom. The standard InChI is InChI=1S/C45H28S/c1-3-15-34(16-4-1)45(35-17-5-2-6-18-35)40-28-31(22-23-36(40)38-25-29-12-7-8-13-30(29)27-41(38)45)33-24-32-14-11-21-43-44(32)39(26-33)37-19-9-10-20-42(37)46-43/h1-28H. The average molecular weight is 601 g/mol. The van der Waals surface area contributed by atoms with Crippen molar-refractivity contribution in [2.24, 2.45) is 0 Å². The number of hydrogen-bond acceptors (Lipinski definition) is 1. The van der Waals surface area contributed by atoms with Gasteiger partial charge in [-0.05, 0) is 114 Å². The predicted molar refractivity (Wildman–Crippen MR) is 194 cm³/mol. The van der Waals surface area contributed by atoms with Crippen molar-refractivity contribution in [1.29, 1.82) is 0 Å². The zero-order valence-corrected chi connectivity index (χ0v) is 25.9. The van der Waals surface area contributed by atoms with Crippen LogP contribution in [0.3, 0.4) is 0 Å². The molecule has 0 nitrogen and oxygen atoms in total. The van der Waals surface area contributed by atoms with E-state index in [4.69, 9.17) is 0 Å². The fraction of sp³-hybridized carbons (Fsp3) is 0.0222. The second-order valence-corrected chi connectivity index (χ2v) is 13.5. The number of benzene rings is 8. The summed E-state index contributed by atoms with van der Waals surface area (Å²) in [6, 6.07) is 63.4. The van der Waals surface area contributed by atoms with Crippen molar-refractivity contribution in [1.82, 2.24) is 0 Å². The molecule has 0 amide bonds. The minimum absolute atomic E-state index is 0.450. The van der Waals surface area contributed by atoms with Gasteiger partial charge in [-0.15, -0.1) is 0 Å². The molecule has 0 saturated heterocycles. The molecule has 1 aliphatic heterocycles. The summed E-state index contributed by atoms with van der Waals surface area (Å²) in [5.41, 5.74) is 12.6. The van der Waals surface area contributed by atoms with Crippen molar-refractivity contribution in [2.45, 2.75) is 15.2 Å². The van der Waals surface area contributed by atoms with Gasteiger partial charge >= 0.3 is 0 Å². The van der Waals surface area contributed by atoms with Crippen molar-refractivity contribution in [3.8, 4) is 33.4 Å². The molecule has 1 heterocycles. The van der Waals surface area contributed by atoms with Gasteiger partial charge in [-0.25, -0.2) is 0 Å². The van der Waals surface area contributed by atoms with Crippen LogP contribution in [0.2, 0.25) is 0 Å². The molecule has 0 radical (unpaired) electrons. The smallest absolute Gasteiger partial charge is 0.0714 e. The third kappa shape index (κ3) is 3.58. The first-order valence-corrected chi connectivity index (χ1v) is 16.7. The van der Waals surface area contributed by atoms with Crippen molar-refractivity contribution >= 4 is 33.3 Å². The molecule has 0 bridgehead atoms. The van der Waals surface area contributed by atoms with Crippen LogP contribution in [0.1, 0.15) is 22.3 Å². The maximum atomic E-state index is 2.49. The molecular formula is C45H28S. The molecule has 2 aliphatic rings. The lowest BCUT2D eigenvalue weighted by atomic mass is 9.67. The first kappa shape index (κ1) is 25.9. The Labute approximate surface area is 273 Å². The summed E-state index contributed by atoms with van der Waals surface area (Å²) in [6.45, 7) is 0. The summed E-state index contributed by atoms with van der Waals surface area (Å²) < 4.78 is 0. The minimum Gasteiger partial charge on any atom is -0.0888 e. The Morgan fingerprint density at radius 1 is 0.348 bits per heavy atom. The molecule has 8 aromatic carbocycles. The van der Waals surface area contributed by atoms with Crippen LogP contribution < -0.4 is 0 Å². The Bertz CT molecular complexity index is 2450. The van der Waals surface area contributed by atoms with Gasteiger partial charge in [-0.2, -0.15) is 0 Å². The second-order valence-electron chi connectivity index (χ2n) is 12.5. The van der Waals surface area contributed by atoms with Crippen LogP contribution in [0, 0.1) is 0 Å². The van der Waals surface area contributed by atoms with E-state index in [1.165, 1.54) is 87.0 Å². The molecule has 0 N–H and O–H groups in total. The third-order valence-corrected chi connectivity index (χ3v) is 11.2. The van der Waals surface area contributed by atoms with Crippen LogP contribution in [-0.4, -0.2) is 0 Å². The molecule has 1 aliphatic carbocycles. The molecule has 0 spiro atoms. The van der Waals surface area contributed by atoms with E-state index in [-0.39, 0.29) is 0 Å². The highest BCUT2D eigenvalue weighted by Gasteiger charge is 2.46. The maximum Gasteiger partial charge on any atom is 0.0714 e. The summed E-state index contributed by atoms with van der Waals surface area (Å²) in [7, 11) is 0. The van der Waals surface area contributed by atoms with E-state index < -0.39 is 5.41 Å². The lowest BCUT2D eigenvalue weighted by molar-refractivity contribution is 0.770. The molecule has 214 valence electrons. The summed E-state index contributed by atoms with van der Waals surface area (Å²) in [5, 5.41) is 5.19. The largest absolute Gasteiger partial charge is 0.0888 e. The maximum absolute atomic E-state index is 2.49. The molecule has 1 heteroatoms. The van der Waals surface area contributed by atoms with Gasteiger partial charge in [-0.1, -0.05) is 139 Å². The van der Waals surface area contributed by atoms with Gasteiger partial charge in [0, 0.05) is 15.2 Å². The topological polar surface area (TPSA) is 0 Å². The zero-order chi connectivity index (χ0) is 30.2. The van der Waals surface area contributed by atoms with Gasteiger partial charge in [0.15, 0.2) is 0 Å². The molecule has 0 atom stereocenters. The zero-order valence-electron chi connectivity index (χ0n) is 25.1. The van der Waals surface area contributed by atoms with Crippen molar-refractivity contribution in [3.05, 3.63) is 192 Å². The molecule has 0 saturated carbocycles. The summed E-state index contributed by atoms with van der Waals surface area (Å²) in [5.74, 6) is 0. The number of fused-ring (bicyclic) bond motifs is 6. The van der Waals surface area contributed by atoms with Crippen LogP contribution in [0.15, 0.2) is 180 Å². The monoisotopic (exact) mass is 600 g/mol.